The van der Waals surface area contributed by atoms with E-state index in [0.717, 1.165) is 42.9 Å². The maximum Gasteiger partial charge on any atom is 0.259 e. The Kier molecular flexibility index (Phi) is 9.04. The predicted octanol–water partition coefficient (Wildman–Crippen LogP) is 6.27. The monoisotopic (exact) mass is 686 g/mol. The second kappa shape index (κ2) is 13.2. The topological polar surface area (TPSA) is 143 Å². The average Bonchev–Trinajstić information content (AvgIpc) is 3.64. The first-order chi connectivity index (χ1) is 22.5. The second-order valence-corrected chi connectivity index (χ2v) is 13.9. The van der Waals surface area contributed by atoms with Gasteiger partial charge in [-0.05, 0) is 64.4 Å². The van der Waals surface area contributed by atoms with Gasteiger partial charge in [0.25, 0.3) is 5.91 Å². The van der Waals surface area contributed by atoms with E-state index in [1.807, 2.05) is 49.6 Å². The fourth-order valence-electron chi connectivity index (χ4n) is 5.23. The van der Waals surface area contributed by atoms with Gasteiger partial charge >= 0.3 is 0 Å². The lowest BCUT2D eigenvalue weighted by Crippen LogP contribution is -2.34. The average molecular weight is 687 g/mol. The summed E-state index contributed by atoms with van der Waals surface area (Å²) in [6.45, 7) is 9.49. The van der Waals surface area contributed by atoms with Crippen LogP contribution in [0.4, 0.5) is 10.8 Å². The number of nitrogens with one attached hydrogen (secondary N) is 3. The van der Waals surface area contributed by atoms with Gasteiger partial charge in [0.2, 0.25) is 11.8 Å². The highest BCUT2D eigenvalue weighted by atomic mass is 35.5. The first-order valence-corrected chi connectivity index (χ1v) is 16.8. The summed E-state index contributed by atoms with van der Waals surface area (Å²) in [7, 11) is 0. The van der Waals surface area contributed by atoms with E-state index in [4.69, 9.17) is 16.6 Å². The number of para-hydroxylation sites is 1. The Labute approximate surface area is 284 Å². The molecule has 2 aromatic carbocycles. The summed E-state index contributed by atoms with van der Waals surface area (Å²) in [5, 5.41) is 19.0. The number of hydrogen-bond donors (Lipinski definition) is 3. The Morgan fingerprint density at radius 1 is 0.894 bits per heavy atom. The second-order valence-electron chi connectivity index (χ2n) is 11.1. The maximum absolute atomic E-state index is 13.3. The van der Waals surface area contributed by atoms with Crippen molar-refractivity contribution in [2.24, 2.45) is 4.99 Å². The largest absolute Gasteiger partial charge is 0.347 e. The predicted molar refractivity (Wildman–Crippen MR) is 186 cm³/mol. The van der Waals surface area contributed by atoms with Crippen molar-refractivity contribution in [3.63, 3.8) is 0 Å². The highest BCUT2D eigenvalue weighted by Gasteiger charge is 2.32. The van der Waals surface area contributed by atoms with Crippen molar-refractivity contribution in [3.8, 4) is 5.00 Å². The lowest BCUT2D eigenvalue weighted by atomic mass is 9.99. The number of fused-ring (bicyclic) bond motifs is 3. The minimum Gasteiger partial charge on any atom is -0.347 e. The zero-order chi connectivity index (χ0) is 33.4. The molecule has 3 amide bonds. The van der Waals surface area contributed by atoms with Crippen molar-refractivity contribution >= 4 is 68.5 Å². The molecule has 47 heavy (non-hydrogen) atoms. The van der Waals surface area contributed by atoms with Crippen molar-refractivity contribution in [1.29, 1.82) is 0 Å². The lowest BCUT2D eigenvalue weighted by molar-refractivity contribution is -0.124. The Balaban J connectivity index is 1.19. The molecule has 4 heterocycles. The van der Waals surface area contributed by atoms with Gasteiger partial charge in [-0.25, -0.2) is 4.98 Å². The van der Waals surface area contributed by atoms with Crippen molar-refractivity contribution < 1.29 is 14.4 Å². The molecule has 0 saturated heterocycles. The van der Waals surface area contributed by atoms with Gasteiger partial charge in [-0.1, -0.05) is 35.9 Å². The van der Waals surface area contributed by atoms with Gasteiger partial charge < -0.3 is 10.6 Å². The van der Waals surface area contributed by atoms with Gasteiger partial charge in [0.1, 0.15) is 16.9 Å². The van der Waals surface area contributed by atoms with E-state index in [0.29, 0.717) is 27.5 Å². The minimum absolute atomic E-state index is 0.0683. The van der Waals surface area contributed by atoms with Crippen LogP contribution in [-0.2, 0) is 9.59 Å². The molecular weight excluding hydrogens is 656 g/mol. The summed E-state index contributed by atoms with van der Waals surface area (Å²) >= 11 is 9.20. The lowest BCUT2D eigenvalue weighted by Gasteiger charge is -2.14. The number of anilines is 2. The van der Waals surface area contributed by atoms with E-state index in [1.54, 1.807) is 35.6 Å². The Bertz CT molecular complexity index is 2040. The first kappa shape index (κ1) is 32.2. The molecular formula is C33H31ClN8O3S2. The summed E-state index contributed by atoms with van der Waals surface area (Å²) in [5.41, 5.74) is 5.07. The molecule has 3 aromatic heterocycles. The van der Waals surface area contributed by atoms with E-state index in [1.165, 1.54) is 11.3 Å². The number of carbonyl (C=O) groups is 3. The Hall–Kier alpha value is -4.72. The summed E-state index contributed by atoms with van der Waals surface area (Å²) in [4.78, 5) is 50.9. The van der Waals surface area contributed by atoms with Crippen LogP contribution in [0.3, 0.4) is 0 Å². The third kappa shape index (κ3) is 6.59. The van der Waals surface area contributed by atoms with Gasteiger partial charge in [-0.2, -0.15) is 0 Å². The Morgan fingerprint density at radius 2 is 1.64 bits per heavy atom. The summed E-state index contributed by atoms with van der Waals surface area (Å²) in [5.74, 6) is -0.0603. The molecule has 240 valence electrons. The standard InChI is InChI=1S/C33H31ClN8O3S2/c1-16-18(3)46-32-28(16)29(21-10-12-22(34)13-11-21)38-25(30-41-40-20(5)42(30)32)14-26(43)35-15-27(44)37-24-9-7-6-8-23(24)31(45)39-33-36-17(2)19(4)47-33/h6-13,25H,14-15H2,1-5H3,(H,35,43)(H,37,44)(H,36,39,45)/t25-/m0/s1. The number of aromatic nitrogens is 4. The van der Waals surface area contributed by atoms with Crippen LogP contribution in [0.15, 0.2) is 53.5 Å². The van der Waals surface area contributed by atoms with E-state index >= 15 is 0 Å². The fourth-order valence-corrected chi connectivity index (χ4v) is 7.38. The number of carbonyl (C=O) groups excluding carboxylic acids is 3. The number of halogens is 1. The number of amides is 3. The highest BCUT2D eigenvalue weighted by molar-refractivity contribution is 7.16. The molecule has 14 heteroatoms. The van der Waals surface area contributed by atoms with Crippen molar-refractivity contribution in [3.05, 3.63) is 103 Å². The number of hydrogen-bond acceptors (Lipinski definition) is 9. The molecule has 1 atom stereocenters. The van der Waals surface area contributed by atoms with Gasteiger partial charge in [-0.3, -0.25) is 29.3 Å². The molecule has 0 saturated carbocycles. The van der Waals surface area contributed by atoms with Gasteiger partial charge in [0.05, 0.1) is 35.6 Å². The van der Waals surface area contributed by atoms with Crippen molar-refractivity contribution in [2.75, 3.05) is 17.2 Å². The third-order valence-electron chi connectivity index (χ3n) is 7.88. The normalized spacial score (nSPS) is 13.7. The smallest absolute Gasteiger partial charge is 0.259 e. The number of aliphatic imine (C=N–C) groups is 1. The molecule has 0 fully saturated rings. The summed E-state index contributed by atoms with van der Waals surface area (Å²) in [6.07, 6.45) is -0.0683. The van der Waals surface area contributed by atoms with E-state index < -0.39 is 23.8 Å². The van der Waals surface area contributed by atoms with Crippen molar-refractivity contribution in [2.45, 2.75) is 47.1 Å². The van der Waals surface area contributed by atoms with Crippen LogP contribution in [0.2, 0.25) is 5.02 Å². The first-order valence-electron chi connectivity index (χ1n) is 14.8. The molecule has 1 aliphatic rings. The molecule has 0 bridgehead atoms. The van der Waals surface area contributed by atoms with E-state index in [2.05, 4.69) is 45.0 Å². The number of rotatable bonds is 8. The highest BCUT2D eigenvalue weighted by Crippen LogP contribution is 2.39. The molecule has 1 aliphatic heterocycles. The van der Waals surface area contributed by atoms with Gasteiger partial charge in [-0.15, -0.1) is 32.9 Å². The minimum atomic E-state index is -0.674. The molecule has 3 N–H and O–H groups in total. The van der Waals surface area contributed by atoms with E-state index in [-0.39, 0.29) is 18.5 Å². The molecule has 5 aromatic rings. The number of thiazole rings is 1. The number of aryl methyl sites for hydroxylation is 4. The zero-order valence-corrected chi connectivity index (χ0v) is 28.7. The number of nitrogens with zero attached hydrogens (tertiary/aromatic N) is 5. The summed E-state index contributed by atoms with van der Waals surface area (Å²) < 4.78 is 1.97. The molecule has 0 unspecified atom stereocenters. The van der Waals surface area contributed by atoms with Gasteiger partial charge in [0.15, 0.2) is 11.0 Å². The molecule has 11 nitrogen and oxygen atoms in total. The Morgan fingerprint density at radius 3 is 2.36 bits per heavy atom. The van der Waals surface area contributed by atoms with Crippen molar-refractivity contribution in [1.82, 2.24) is 25.1 Å². The summed E-state index contributed by atoms with van der Waals surface area (Å²) in [6, 6.07) is 13.4. The van der Waals surface area contributed by atoms with Crippen LogP contribution in [0, 0.1) is 34.6 Å². The number of thiophene rings is 1. The van der Waals surface area contributed by atoms with Crippen LogP contribution in [0.5, 0.6) is 0 Å². The van der Waals surface area contributed by atoms with Gasteiger partial charge in [0, 0.05) is 25.9 Å². The zero-order valence-electron chi connectivity index (χ0n) is 26.3. The van der Waals surface area contributed by atoms with Crippen LogP contribution in [0.25, 0.3) is 5.00 Å². The molecule has 0 aliphatic carbocycles. The SMILES string of the molecule is Cc1nc(NC(=O)c2ccccc2NC(=O)CNC(=O)C[C@@H]2N=C(c3ccc(Cl)cc3)c3c(sc(C)c3C)-n3c(C)nnc32)sc1C. The molecule has 0 radical (unpaired) electrons. The third-order valence-corrected chi connectivity index (χ3v) is 10.3. The van der Waals surface area contributed by atoms with E-state index in [9.17, 15) is 14.4 Å². The maximum atomic E-state index is 13.3. The van der Waals surface area contributed by atoms with Crippen LogP contribution in [-0.4, -0.2) is 49.7 Å². The van der Waals surface area contributed by atoms with Crippen LogP contribution >= 0.6 is 34.3 Å². The molecule has 0 spiro atoms. The fraction of sp³-hybridized carbons (Fsp3) is 0.242. The van der Waals surface area contributed by atoms with Crippen LogP contribution < -0.4 is 16.0 Å². The van der Waals surface area contributed by atoms with Crippen LogP contribution in [0.1, 0.15) is 66.6 Å². The quantitative estimate of drug-likeness (QED) is 0.176. The molecule has 6 rings (SSSR count). The number of benzene rings is 2.